The first-order valence-electron chi connectivity index (χ1n) is 6.22. The van der Waals surface area contributed by atoms with Crippen molar-refractivity contribution in [2.45, 2.75) is 6.54 Å². The van der Waals surface area contributed by atoms with Gasteiger partial charge in [0, 0.05) is 0 Å². The summed E-state index contributed by atoms with van der Waals surface area (Å²) >= 11 is 5.77. The highest BCUT2D eigenvalue weighted by Gasteiger charge is 2.10. The van der Waals surface area contributed by atoms with Gasteiger partial charge in [0.15, 0.2) is 16.7 Å². The van der Waals surface area contributed by atoms with Crippen LogP contribution in [0.15, 0.2) is 35.4 Å². The van der Waals surface area contributed by atoms with Crippen molar-refractivity contribution < 1.29 is 14.2 Å². The molecule has 21 heavy (non-hydrogen) atoms. The second-order valence-corrected chi connectivity index (χ2v) is 4.42. The molecule has 112 valence electrons. The van der Waals surface area contributed by atoms with Gasteiger partial charge in [-0.2, -0.15) is 0 Å². The van der Waals surface area contributed by atoms with Crippen molar-refractivity contribution in [3.8, 4) is 17.2 Å². The van der Waals surface area contributed by atoms with Crippen LogP contribution in [0.4, 0.5) is 0 Å². The molecule has 0 N–H and O–H groups in total. The number of hydrogen-bond acceptors (Lipinski definition) is 5. The molecule has 0 radical (unpaired) electrons. The van der Waals surface area contributed by atoms with Crippen LogP contribution in [0.5, 0.6) is 17.2 Å². The average Bonchev–Trinajstić information content (AvgIpc) is 2.50. The molecule has 1 aromatic heterocycles. The van der Waals surface area contributed by atoms with Gasteiger partial charge in [-0.25, -0.2) is 4.98 Å². The van der Waals surface area contributed by atoms with Crippen LogP contribution in [0, 0.1) is 0 Å². The van der Waals surface area contributed by atoms with E-state index in [4.69, 9.17) is 25.8 Å². The zero-order chi connectivity index (χ0) is 15.2. The van der Waals surface area contributed by atoms with Crippen molar-refractivity contribution in [2.24, 2.45) is 0 Å². The highest BCUT2D eigenvalue weighted by atomic mass is 35.5. The summed E-state index contributed by atoms with van der Waals surface area (Å²) in [4.78, 5) is 15.9. The smallest absolute Gasteiger partial charge is 0.297 e. The van der Waals surface area contributed by atoms with Crippen LogP contribution in [0.1, 0.15) is 0 Å². The molecule has 1 aromatic carbocycles. The van der Waals surface area contributed by atoms with Gasteiger partial charge in [-0.1, -0.05) is 23.7 Å². The first kappa shape index (κ1) is 15.2. The maximum Gasteiger partial charge on any atom is 0.297 e. The molecule has 0 aliphatic rings. The van der Waals surface area contributed by atoms with Crippen LogP contribution >= 0.6 is 11.6 Å². The third-order valence-electron chi connectivity index (χ3n) is 2.82. The van der Waals surface area contributed by atoms with Gasteiger partial charge in [-0.3, -0.25) is 9.36 Å². The number of nitrogens with zero attached hydrogens (tertiary/aromatic N) is 2. The maximum absolute atomic E-state index is 12.0. The third kappa shape index (κ3) is 3.46. The molecule has 0 spiro atoms. The number of methoxy groups -OCH3 is 2. The third-order valence-corrected chi connectivity index (χ3v) is 3.09. The number of hydrogen-bond donors (Lipinski definition) is 0. The highest BCUT2D eigenvalue weighted by molar-refractivity contribution is 6.30. The van der Waals surface area contributed by atoms with Gasteiger partial charge < -0.3 is 14.2 Å². The molecule has 0 aliphatic carbocycles. The lowest BCUT2D eigenvalue weighted by atomic mass is 10.3. The average molecular weight is 311 g/mol. The van der Waals surface area contributed by atoms with Crippen molar-refractivity contribution in [3.63, 3.8) is 0 Å². The quantitative estimate of drug-likeness (QED) is 0.764. The standard InChI is InChI=1S/C14H15ClN2O4/c1-19-10-5-3-4-6-11(10)21-8-7-17-9-16-13(15)12(20-2)14(17)18/h3-6,9H,7-8H2,1-2H3. The monoisotopic (exact) mass is 310 g/mol. The first-order valence-corrected chi connectivity index (χ1v) is 6.60. The molecule has 7 heteroatoms. The molecule has 0 amide bonds. The molecule has 0 aliphatic heterocycles. The predicted octanol–water partition coefficient (Wildman–Crippen LogP) is 1.99. The van der Waals surface area contributed by atoms with E-state index in [1.807, 2.05) is 12.1 Å². The minimum absolute atomic E-state index is 0.0245. The number of halogens is 1. The van der Waals surface area contributed by atoms with Crippen LogP contribution in [-0.2, 0) is 6.54 Å². The highest BCUT2D eigenvalue weighted by Crippen LogP contribution is 2.25. The van der Waals surface area contributed by atoms with E-state index >= 15 is 0 Å². The van der Waals surface area contributed by atoms with E-state index in [1.54, 1.807) is 19.2 Å². The number of para-hydroxylation sites is 2. The molecule has 0 bridgehead atoms. The molecular weight excluding hydrogens is 296 g/mol. The van der Waals surface area contributed by atoms with Crippen molar-refractivity contribution >= 4 is 11.6 Å². The Morgan fingerprint density at radius 1 is 1.19 bits per heavy atom. The van der Waals surface area contributed by atoms with Crippen LogP contribution in [0.2, 0.25) is 5.15 Å². The summed E-state index contributed by atoms with van der Waals surface area (Å²) in [5.74, 6) is 1.27. The predicted molar refractivity (Wildman–Crippen MR) is 78.5 cm³/mol. The van der Waals surface area contributed by atoms with Crippen LogP contribution < -0.4 is 19.8 Å². The molecule has 6 nitrogen and oxygen atoms in total. The van der Waals surface area contributed by atoms with Crippen LogP contribution in [0.3, 0.4) is 0 Å². The van der Waals surface area contributed by atoms with Gasteiger partial charge in [0.05, 0.1) is 27.1 Å². The fraction of sp³-hybridized carbons (Fsp3) is 0.286. The number of aromatic nitrogens is 2. The summed E-state index contributed by atoms with van der Waals surface area (Å²) in [5, 5.41) is 0.0457. The molecule has 0 saturated carbocycles. The van der Waals surface area contributed by atoms with E-state index in [-0.39, 0.29) is 23.1 Å². The van der Waals surface area contributed by atoms with Crippen molar-refractivity contribution in [3.05, 3.63) is 46.1 Å². The molecule has 1 heterocycles. The zero-order valence-electron chi connectivity index (χ0n) is 11.7. The van der Waals surface area contributed by atoms with Crippen LogP contribution in [-0.4, -0.2) is 30.4 Å². The SMILES string of the molecule is COc1ccccc1OCCn1cnc(Cl)c(OC)c1=O. The van der Waals surface area contributed by atoms with E-state index in [2.05, 4.69) is 4.98 Å². The van der Waals surface area contributed by atoms with Crippen molar-refractivity contribution in [2.75, 3.05) is 20.8 Å². The van der Waals surface area contributed by atoms with Gasteiger partial charge in [-0.15, -0.1) is 0 Å². The van der Waals surface area contributed by atoms with Gasteiger partial charge >= 0.3 is 0 Å². The van der Waals surface area contributed by atoms with E-state index in [0.29, 0.717) is 18.0 Å². The van der Waals surface area contributed by atoms with Gasteiger partial charge in [0.25, 0.3) is 5.56 Å². The molecule has 0 unspecified atom stereocenters. The molecule has 2 aromatic rings. The number of ether oxygens (including phenoxy) is 3. The second-order valence-electron chi connectivity index (χ2n) is 4.07. The molecule has 0 atom stereocenters. The second kappa shape index (κ2) is 6.99. The minimum Gasteiger partial charge on any atom is -0.493 e. The Morgan fingerprint density at radius 3 is 2.57 bits per heavy atom. The van der Waals surface area contributed by atoms with E-state index in [0.717, 1.165) is 0 Å². The normalized spacial score (nSPS) is 10.2. The summed E-state index contributed by atoms with van der Waals surface area (Å²) in [6, 6.07) is 7.29. The van der Waals surface area contributed by atoms with Crippen molar-refractivity contribution in [1.82, 2.24) is 9.55 Å². The Balaban J connectivity index is 2.06. The lowest BCUT2D eigenvalue weighted by molar-refractivity contribution is 0.276. The topological polar surface area (TPSA) is 62.6 Å². The Labute approximate surface area is 126 Å². The van der Waals surface area contributed by atoms with E-state index in [9.17, 15) is 4.79 Å². The lowest BCUT2D eigenvalue weighted by Crippen LogP contribution is -2.24. The Kier molecular flexibility index (Phi) is 5.05. The van der Waals surface area contributed by atoms with E-state index < -0.39 is 0 Å². The van der Waals surface area contributed by atoms with E-state index in [1.165, 1.54) is 18.0 Å². The maximum atomic E-state index is 12.0. The minimum atomic E-state index is -0.346. The number of benzene rings is 1. The zero-order valence-corrected chi connectivity index (χ0v) is 12.5. The van der Waals surface area contributed by atoms with Gasteiger partial charge in [-0.05, 0) is 12.1 Å². The Morgan fingerprint density at radius 2 is 1.90 bits per heavy atom. The Hall–Kier alpha value is -2.21. The van der Waals surface area contributed by atoms with Gasteiger partial charge in [0.1, 0.15) is 6.61 Å². The lowest BCUT2D eigenvalue weighted by Gasteiger charge is -2.11. The molecule has 0 fully saturated rings. The molecule has 0 saturated heterocycles. The summed E-state index contributed by atoms with van der Waals surface area (Å²) in [5.41, 5.74) is -0.346. The number of rotatable bonds is 6. The Bertz CT molecular complexity index is 672. The van der Waals surface area contributed by atoms with Crippen molar-refractivity contribution in [1.29, 1.82) is 0 Å². The fourth-order valence-electron chi connectivity index (χ4n) is 1.77. The summed E-state index contributed by atoms with van der Waals surface area (Å²) in [6.45, 7) is 0.601. The fourth-order valence-corrected chi connectivity index (χ4v) is 1.97. The summed E-state index contributed by atoms with van der Waals surface area (Å²) in [7, 11) is 2.95. The molecular formula is C14H15ClN2O4. The molecule has 2 rings (SSSR count). The largest absolute Gasteiger partial charge is 0.493 e. The van der Waals surface area contributed by atoms with Crippen LogP contribution in [0.25, 0.3) is 0 Å². The summed E-state index contributed by atoms with van der Waals surface area (Å²) < 4.78 is 17.1. The first-order chi connectivity index (χ1) is 10.2. The summed E-state index contributed by atoms with van der Waals surface area (Å²) in [6.07, 6.45) is 1.36. The van der Waals surface area contributed by atoms with Gasteiger partial charge in [0.2, 0.25) is 5.75 Å².